The van der Waals surface area contributed by atoms with Gasteiger partial charge in [-0.15, -0.1) is 0 Å². The zero-order valence-electron chi connectivity index (χ0n) is 18.1. The highest BCUT2D eigenvalue weighted by Gasteiger charge is 2.13. The molecule has 0 radical (unpaired) electrons. The van der Waals surface area contributed by atoms with E-state index in [9.17, 15) is 4.79 Å². The van der Waals surface area contributed by atoms with Crippen LogP contribution in [0.15, 0.2) is 57.4 Å². The molecule has 0 bridgehead atoms. The normalized spacial score (nSPS) is 11.2. The lowest BCUT2D eigenvalue weighted by Gasteiger charge is -2.13. The first-order valence-electron chi connectivity index (χ1n) is 10.4. The Balaban J connectivity index is 2.07. The molecule has 0 N–H and O–H groups in total. The summed E-state index contributed by atoms with van der Waals surface area (Å²) in [5.41, 5.74) is 1.11. The van der Waals surface area contributed by atoms with Gasteiger partial charge in [-0.05, 0) is 49.2 Å². The standard InChI is InChI=1S/C24H25BrClN3O3/c1-4-7-8-22-28-20-10-9-17(25)14-18(20)24(30)29(22)27-15-16-12-19(26)23(32-11-5-2)21(13-16)31-6-3/h5,9-10,12-15H,2,4,6-8,11H2,1,3H3. The average Bonchev–Trinajstić information content (AvgIpc) is 2.77. The lowest BCUT2D eigenvalue weighted by atomic mass is 10.2. The summed E-state index contributed by atoms with van der Waals surface area (Å²) < 4.78 is 13.5. The number of rotatable bonds is 10. The summed E-state index contributed by atoms with van der Waals surface area (Å²) in [4.78, 5) is 17.9. The van der Waals surface area contributed by atoms with Crippen molar-refractivity contribution in [2.45, 2.75) is 33.1 Å². The highest BCUT2D eigenvalue weighted by molar-refractivity contribution is 9.10. The molecule has 0 saturated heterocycles. The van der Waals surface area contributed by atoms with Crippen LogP contribution in [0.1, 0.15) is 38.1 Å². The van der Waals surface area contributed by atoms with Gasteiger partial charge in [0.2, 0.25) is 0 Å². The molecule has 0 spiro atoms. The summed E-state index contributed by atoms with van der Waals surface area (Å²) in [5.74, 6) is 1.57. The summed E-state index contributed by atoms with van der Waals surface area (Å²) >= 11 is 9.85. The number of halogens is 2. The van der Waals surface area contributed by atoms with Crippen LogP contribution in [-0.4, -0.2) is 29.1 Å². The summed E-state index contributed by atoms with van der Waals surface area (Å²) in [6.45, 7) is 8.39. The molecule has 0 aliphatic heterocycles. The van der Waals surface area contributed by atoms with E-state index in [0.717, 1.165) is 17.3 Å². The Morgan fingerprint density at radius 1 is 1.25 bits per heavy atom. The van der Waals surface area contributed by atoms with Gasteiger partial charge in [0.05, 0.1) is 28.7 Å². The monoisotopic (exact) mass is 517 g/mol. The smallest absolute Gasteiger partial charge is 0.282 e. The molecule has 1 heterocycles. The average molecular weight is 519 g/mol. The second-order valence-electron chi connectivity index (χ2n) is 7.02. The maximum Gasteiger partial charge on any atom is 0.282 e. The van der Waals surface area contributed by atoms with E-state index in [1.165, 1.54) is 4.68 Å². The van der Waals surface area contributed by atoms with Crippen LogP contribution in [0, 0.1) is 0 Å². The molecule has 6 nitrogen and oxygen atoms in total. The van der Waals surface area contributed by atoms with Gasteiger partial charge >= 0.3 is 0 Å². The van der Waals surface area contributed by atoms with Crippen LogP contribution in [0.4, 0.5) is 0 Å². The Labute approximate surface area is 200 Å². The van der Waals surface area contributed by atoms with E-state index >= 15 is 0 Å². The molecule has 2 aromatic carbocycles. The van der Waals surface area contributed by atoms with E-state index < -0.39 is 0 Å². The fourth-order valence-corrected chi connectivity index (χ4v) is 3.78. The molecule has 0 saturated carbocycles. The Morgan fingerprint density at radius 3 is 2.78 bits per heavy atom. The van der Waals surface area contributed by atoms with Crippen molar-refractivity contribution in [1.29, 1.82) is 0 Å². The Hall–Kier alpha value is -2.64. The molecule has 0 atom stereocenters. The topological polar surface area (TPSA) is 65.7 Å². The van der Waals surface area contributed by atoms with Gasteiger partial charge in [-0.25, -0.2) is 4.98 Å². The molecular weight excluding hydrogens is 494 g/mol. The van der Waals surface area contributed by atoms with Crippen molar-refractivity contribution >= 4 is 44.6 Å². The minimum Gasteiger partial charge on any atom is -0.490 e. The molecule has 8 heteroatoms. The zero-order valence-corrected chi connectivity index (χ0v) is 20.4. The second kappa shape index (κ2) is 11.3. The first-order valence-corrected chi connectivity index (χ1v) is 11.6. The molecule has 3 aromatic rings. The van der Waals surface area contributed by atoms with Crippen molar-refractivity contribution in [3.05, 3.63) is 74.2 Å². The molecule has 3 rings (SSSR count). The van der Waals surface area contributed by atoms with Crippen LogP contribution in [0.3, 0.4) is 0 Å². The quantitative estimate of drug-likeness (QED) is 0.244. The Morgan fingerprint density at radius 2 is 2.06 bits per heavy atom. The Kier molecular flexibility index (Phi) is 8.47. The number of hydrogen-bond acceptors (Lipinski definition) is 5. The van der Waals surface area contributed by atoms with Gasteiger partial charge in [-0.2, -0.15) is 9.78 Å². The lowest BCUT2D eigenvalue weighted by molar-refractivity contribution is 0.297. The minimum absolute atomic E-state index is 0.222. The molecule has 1 aromatic heterocycles. The number of aromatic nitrogens is 2. The van der Waals surface area contributed by atoms with Gasteiger partial charge in [0.15, 0.2) is 11.5 Å². The highest BCUT2D eigenvalue weighted by atomic mass is 79.9. The third kappa shape index (κ3) is 5.58. The first kappa shape index (κ1) is 24.0. The number of benzene rings is 2. The summed E-state index contributed by atoms with van der Waals surface area (Å²) in [6.07, 6.45) is 5.75. The van der Waals surface area contributed by atoms with Crippen LogP contribution < -0.4 is 15.0 Å². The SMILES string of the molecule is C=CCOc1c(Cl)cc(C=Nn2c(CCCC)nc3ccc(Br)cc3c2=O)cc1OCC. The van der Waals surface area contributed by atoms with Crippen LogP contribution in [0.2, 0.25) is 5.02 Å². The number of ether oxygens (including phenoxy) is 2. The number of unbranched alkanes of at least 4 members (excludes halogenated alkanes) is 1. The molecule has 0 aliphatic rings. The molecule has 0 unspecified atom stereocenters. The second-order valence-corrected chi connectivity index (χ2v) is 8.34. The maximum atomic E-state index is 13.2. The van der Waals surface area contributed by atoms with Crippen molar-refractivity contribution in [1.82, 2.24) is 9.66 Å². The van der Waals surface area contributed by atoms with Crippen LogP contribution >= 0.6 is 27.5 Å². The van der Waals surface area contributed by atoms with Gasteiger partial charge in [-0.3, -0.25) is 4.79 Å². The summed E-state index contributed by atoms with van der Waals surface area (Å²) in [5, 5.41) is 5.36. The molecule has 0 fully saturated rings. The van der Waals surface area contributed by atoms with Crippen molar-refractivity contribution in [3.8, 4) is 11.5 Å². The zero-order chi connectivity index (χ0) is 23.1. The fourth-order valence-electron chi connectivity index (χ4n) is 3.14. The van der Waals surface area contributed by atoms with Crippen molar-refractivity contribution < 1.29 is 9.47 Å². The van der Waals surface area contributed by atoms with E-state index in [1.807, 2.05) is 19.1 Å². The van der Waals surface area contributed by atoms with Gasteiger partial charge in [-0.1, -0.05) is 53.5 Å². The lowest BCUT2D eigenvalue weighted by Crippen LogP contribution is -2.22. The number of aryl methyl sites for hydroxylation is 1. The van der Waals surface area contributed by atoms with Gasteiger partial charge in [0.25, 0.3) is 5.56 Å². The third-order valence-corrected chi connectivity index (χ3v) is 5.40. The minimum atomic E-state index is -0.222. The molecule has 0 aliphatic carbocycles. The number of fused-ring (bicyclic) bond motifs is 1. The Bertz CT molecular complexity index is 1210. The van der Waals surface area contributed by atoms with E-state index in [4.69, 9.17) is 21.1 Å². The molecule has 168 valence electrons. The predicted molar refractivity (Wildman–Crippen MR) is 134 cm³/mol. The molecular formula is C24H25BrClN3O3. The van der Waals surface area contributed by atoms with Crippen LogP contribution in [0.5, 0.6) is 11.5 Å². The fraction of sp³-hybridized carbons (Fsp3) is 0.292. The van der Waals surface area contributed by atoms with E-state index in [-0.39, 0.29) is 5.56 Å². The van der Waals surface area contributed by atoms with Crippen molar-refractivity contribution in [3.63, 3.8) is 0 Å². The third-order valence-electron chi connectivity index (χ3n) is 4.63. The largest absolute Gasteiger partial charge is 0.490 e. The van der Waals surface area contributed by atoms with Crippen molar-refractivity contribution in [2.75, 3.05) is 13.2 Å². The first-order chi connectivity index (χ1) is 15.5. The van der Waals surface area contributed by atoms with Gasteiger partial charge < -0.3 is 9.47 Å². The van der Waals surface area contributed by atoms with Crippen molar-refractivity contribution in [2.24, 2.45) is 5.10 Å². The highest BCUT2D eigenvalue weighted by Crippen LogP contribution is 2.36. The molecule has 32 heavy (non-hydrogen) atoms. The van der Waals surface area contributed by atoms with Gasteiger partial charge in [0.1, 0.15) is 12.4 Å². The van der Waals surface area contributed by atoms with Crippen LogP contribution in [-0.2, 0) is 6.42 Å². The van der Waals surface area contributed by atoms with E-state index in [2.05, 4.69) is 39.5 Å². The van der Waals surface area contributed by atoms with E-state index in [0.29, 0.717) is 58.4 Å². The molecule has 0 amide bonds. The predicted octanol–water partition coefficient (Wildman–Crippen LogP) is 6.00. The number of hydrogen-bond donors (Lipinski definition) is 0. The van der Waals surface area contributed by atoms with Gasteiger partial charge in [0, 0.05) is 10.9 Å². The summed E-state index contributed by atoms with van der Waals surface area (Å²) in [7, 11) is 0. The van der Waals surface area contributed by atoms with Crippen LogP contribution in [0.25, 0.3) is 10.9 Å². The summed E-state index contributed by atoms with van der Waals surface area (Å²) in [6, 6.07) is 8.96. The van der Waals surface area contributed by atoms with E-state index in [1.54, 1.807) is 30.5 Å². The maximum absolute atomic E-state index is 13.2. The number of nitrogens with zero attached hydrogens (tertiary/aromatic N) is 3.